The highest BCUT2D eigenvalue weighted by molar-refractivity contribution is 6.00. The summed E-state index contributed by atoms with van der Waals surface area (Å²) in [6, 6.07) is 14.0. The maximum absolute atomic E-state index is 13.5. The standard InChI is InChI=1S/C23H18F2N2O6/c24-18-9-7-15(10-19(18)25)16-6-8-17(21(11-16)27(31)32)22(28)26-20(23(29)30)13-33-12-14-4-2-1-3-5-14/h1-11,20H,12-13H2,(H,26,28)(H,29,30)/t20-/m0/s1. The van der Waals surface area contributed by atoms with Gasteiger partial charge in [0, 0.05) is 6.07 Å². The third-order valence-corrected chi connectivity index (χ3v) is 4.69. The summed E-state index contributed by atoms with van der Waals surface area (Å²) < 4.78 is 32.0. The molecule has 0 bridgehead atoms. The molecule has 3 rings (SSSR count). The Morgan fingerprint density at radius 3 is 2.30 bits per heavy atom. The van der Waals surface area contributed by atoms with Crippen molar-refractivity contribution in [2.45, 2.75) is 12.6 Å². The molecule has 0 saturated heterocycles. The topological polar surface area (TPSA) is 119 Å². The van der Waals surface area contributed by atoms with E-state index >= 15 is 0 Å². The molecule has 0 fully saturated rings. The number of halogens is 2. The molecule has 0 aliphatic carbocycles. The highest BCUT2D eigenvalue weighted by Crippen LogP contribution is 2.28. The maximum Gasteiger partial charge on any atom is 0.328 e. The fourth-order valence-corrected chi connectivity index (χ4v) is 3.01. The Hall–Kier alpha value is -4.18. The Morgan fingerprint density at radius 1 is 1.00 bits per heavy atom. The molecule has 170 valence electrons. The van der Waals surface area contributed by atoms with Crippen LogP contribution in [0.1, 0.15) is 15.9 Å². The quantitative estimate of drug-likeness (QED) is 0.372. The molecule has 33 heavy (non-hydrogen) atoms. The first-order valence-electron chi connectivity index (χ1n) is 9.65. The Kier molecular flexibility index (Phi) is 7.42. The lowest BCUT2D eigenvalue weighted by Crippen LogP contribution is -2.44. The van der Waals surface area contributed by atoms with E-state index in [1.165, 1.54) is 12.1 Å². The number of hydrogen-bond acceptors (Lipinski definition) is 5. The van der Waals surface area contributed by atoms with E-state index in [0.717, 1.165) is 29.8 Å². The van der Waals surface area contributed by atoms with Crippen LogP contribution in [0.3, 0.4) is 0 Å². The number of rotatable bonds is 9. The van der Waals surface area contributed by atoms with Gasteiger partial charge in [0.05, 0.1) is 18.1 Å². The van der Waals surface area contributed by atoms with Gasteiger partial charge in [0.2, 0.25) is 0 Å². The molecule has 0 saturated carbocycles. The van der Waals surface area contributed by atoms with Crippen molar-refractivity contribution in [2.24, 2.45) is 0 Å². The van der Waals surface area contributed by atoms with E-state index in [4.69, 9.17) is 4.74 Å². The number of carbonyl (C=O) groups is 2. The van der Waals surface area contributed by atoms with E-state index in [1.54, 1.807) is 24.3 Å². The van der Waals surface area contributed by atoms with Gasteiger partial charge in [0.25, 0.3) is 11.6 Å². The molecule has 1 amide bonds. The third kappa shape index (κ3) is 5.95. The summed E-state index contributed by atoms with van der Waals surface area (Å²) in [5.41, 5.74) is 0.140. The summed E-state index contributed by atoms with van der Waals surface area (Å²) in [7, 11) is 0. The molecule has 0 spiro atoms. The van der Waals surface area contributed by atoms with Gasteiger partial charge >= 0.3 is 5.97 Å². The van der Waals surface area contributed by atoms with Crippen LogP contribution in [-0.2, 0) is 16.1 Å². The molecule has 2 N–H and O–H groups in total. The molecular formula is C23H18F2N2O6. The second-order valence-electron chi connectivity index (χ2n) is 6.98. The number of carbonyl (C=O) groups excluding carboxylic acids is 1. The van der Waals surface area contributed by atoms with Gasteiger partial charge in [-0.05, 0) is 34.9 Å². The van der Waals surface area contributed by atoms with Gasteiger partial charge in [0.15, 0.2) is 17.7 Å². The number of hydrogen-bond donors (Lipinski definition) is 2. The molecule has 0 aromatic heterocycles. The third-order valence-electron chi connectivity index (χ3n) is 4.69. The van der Waals surface area contributed by atoms with Gasteiger partial charge in [-0.25, -0.2) is 13.6 Å². The number of amides is 1. The summed E-state index contributed by atoms with van der Waals surface area (Å²) in [5, 5.41) is 23.1. The van der Waals surface area contributed by atoms with Crippen molar-refractivity contribution in [3.05, 3.63) is 99.6 Å². The molecular weight excluding hydrogens is 438 g/mol. The van der Waals surface area contributed by atoms with Crippen LogP contribution in [0.15, 0.2) is 66.7 Å². The minimum absolute atomic E-state index is 0.115. The predicted molar refractivity (Wildman–Crippen MR) is 113 cm³/mol. The molecule has 0 unspecified atom stereocenters. The maximum atomic E-state index is 13.5. The Balaban J connectivity index is 1.77. The lowest BCUT2D eigenvalue weighted by atomic mass is 10.0. The van der Waals surface area contributed by atoms with Crippen molar-refractivity contribution in [1.29, 1.82) is 0 Å². The summed E-state index contributed by atoms with van der Waals surface area (Å²) >= 11 is 0. The predicted octanol–water partition coefficient (Wildman–Crippen LogP) is 3.94. The number of nitro benzene ring substituents is 1. The first-order chi connectivity index (χ1) is 15.8. The minimum Gasteiger partial charge on any atom is -0.480 e. The summed E-state index contributed by atoms with van der Waals surface area (Å²) in [4.78, 5) is 34.9. The Labute approximate surface area is 186 Å². The Morgan fingerprint density at radius 2 is 1.67 bits per heavy atom. The van der Waals surface area contributed by atoms with Gasteiger partial charge in [-0.1, -0.05) is 42.5 Å². The van der Waals surface area contributed by atoms with Crippen LogP contribution in [0.5, 0.6) is 0 Å². The van der Waals surface area contributed by atoms with E-state index in [2.05, 4.69) is 5.32 Å². The van der Waals surface area contributed by atoms with Crippen molar-refractivity contribution < 1.29 is 33.1 Å². The molecule has 0 radical (unpaired) electrons. The van der Waals surface area contributed by atoms with Gasteiger partial charge in [0.1, 0.15) is 5.56 Å². The monoisotopic (exact) mass is 456 g/mol. The molecule has 3 aromatic rings. The SMILES string of the molecule is O=C(N[C@@H](COCc1ccccc1)C(=O)O)c1ccc(-c2ccc(F)c(F)c2)cc1[N+](=O)[O-]. The molecule has 1 atom stereocenters. The van der Waals surface area contributed by atoms with E-state index in [0.29, 0.717) is 0 Å². The number of carboxylic acid groups (broad SMARTS) is 1. The van der Waals surface area contributed by atoms with Crippen LogP contribution < -0.4 is 5.32 Å². The van der Waals surface area contributed by atoms with Gasteiger partial charge in [-0.3, -0.25) is 14.9 Å². The first kappa shape index (κ1) is 23.5. The number of carboxylic acids is 1. The van der Waals surface area contributed by atoms with Crippen LogP contribution in [-0.4, -0.2) is 34.6 Å². The second-order valence-corrected chi connectivity index (χ2v) is 6.98. The zero-order valence-corrected chi connectivity index (χ0v) is 17.0. The molecule has 10 heteroatoms. The number of nitrogens with zero attached hydrogens (tertiary/aromatic N) is 1. The van der Waals surface area contributed by atoms with Crippen molar-refractivity contribution in [3.8, 4) is 11.1 Å². The van der Waals surface area contributed by atoms with E-state index < -0.39 is 40.2 Å². The largest absolute Gasteiger partial charge is 0.480 e. The molecule has 0 aliphatic rings. The highest BCUT2D eigenvalue weighted by atomic mass is 19.2. The van der Waals surface area contributed by atoms with Crippen molar-refractivity contribution in [1.82, 2.24) is 5.32 Å². The van der Waals surface area contributed by atoms with Crippen LogP contribution in [0, 0.1) is 21.7 Å². The van der Waals surface area contributed by atoms with Crippen LogP contribution in [0.25, 0.3) is 11.1 Å². The summed E-state index contributed by atoms with van der Waals surface area (Å²) in [5.74, 6) is -4.57. The van der Waals surface area contributed by atoms with Crippen molar-refractivity contribution in [2.75, 3.05) is 6.61 Å². The molecule has 3 aromatic carbocycles. The van der Waals surface area contributed by atoms with E-state index in [-0.39, 0.29) is 29.9 Å². The molecule has 0 aliphatic heterocycles. The zero-order chi connectivity index (χ0) is 24.0. The second kappa shape index (κ2) is 10.4. The lowest BCUT2D eigenvalue weighted by Gasteiger charge is -2.15. The smallest absolute Gasteiger partial charge is 0.328 e. The summed E-state index contributed by atoms with van der Waals surface area (Å²) in [6.07, 6.45) is 0. The summed E-state index contributed by atoms with van der Waals surface area (Å²) in [6.45, 7) is -0.250. The number of nitro groups is 1. The molecule has 0 heterocycles. The molecule has 8 nitrogen and oxygen atoms in total. The minimum atomic E-state index is -1.45. The Bertz CT molecular complexity index is 1190. The van der Waals surface area contributed by atoms with Crippen LogP contribution in [0.4, 0.5) is 14.5 Å². The zero-order valence-electron chi connectivity index (χ0n) is 17.0. The van der Waals surface area contributed by atoms with Gasteiger partial charge in [-0.15, -0.1) is 0 Å². The fraction of sp³-hybridized carbons (Fsp3) is 0.130. The van der Waals surface area contributed by atoms with Crippen LogP contribution >= 0.6 is 0 Å². The van der Waals surface area contributed by atoms with Crippen LogP contribution in [0.2, 0.25) is 0 Å². The van der Waals surface area contributed by atoms with Crippen molar-refractivity contribution in [3.63, 3.8) is 0 Å². The number of aliphatic carboxylic acids is 1. The average Bonchev–Trinajstić information content (AvgIpc) is 2.80. The van der Waals surface area contributed by atoms with E-state index in [1.807, 2.05) is 6.07 Å². The normalized spacial score (nSPS) is 11.6. The lowest BCUT2D eigenvalue weighted by molar-refractivity contribution is -0.385. The van der Waals surface area contributed by atoms with Gasteiger partial charge < -0.3 is 15.2 Å². The van der Waals surface area contributed by atoms with Crippen molar-refractivity contribution >= 4 is 17.6 Å². The number of ether oxygens (including phenoxy) is 1. The number of nitrogens with one attached hydrogen (secondary N) is 1. The fourth-order valence-electron chi connectivity index (χ4n) is 3.01. The highest BCUT2D eigenvalue weighted by Gasteiger charge is 2.26. The van der Waals surface area contributed by atoms with Gasteiger partial charge in [-0.2, -0.15) is 0 Å². The first-order valence-corrected chi connectivity index (χ1v) is 9.65. The van der Waals surface area contributed by atoms with E-state index in [9.17, 15) is 33.6 Å². The average molecular weight is 456 g/mol. The number of benzene rings is 3.